The normalized spacial score (nSPS) is 10.5. The summed E-state index contributed by atoms with van der Waals surface area (Å²) in [6.45, 7) is 4.07. The molecule has 0 rings (SSSR count). The van der Waals surface area contributed by atoms with Crippen LogP contribution < -0.4 is 0 Å². The molecule has 0 aliphatic carbocycles. The number of unbranched alkanes of at least 4 members (excludes halogenated alkanes) is 11. The van der Waals surface area contributed by atoms with Gasteiger partial charge in [-0.3, -0.25) is 9.59 Å². The third-order valence-electron chi connectivity index (χ3n) is 3.65. The highest BCUT2D eigenvalue weighted by atomic mass is 16.5. The van der Waals surface area contributed by atoms with E-state index in [1.807, 2.05) is 0 Å². The Balaban J connectivity index is 2.99. The van der Waals surface area contributed by atoms with Crippen molar-refractivity contribution in [1.82, 2.24) is 0 Å². The minimum Gasteiger partial charge on any atom is -0.466 e. The molecule has 0 spiro atoms. The Morgan fingerprint density at radius 3 is 0.955 bits per heavy atom. The van der Waals surface area contributed by atoms with Gasteiger partial charge in [-0.1, -0.05) is 64.2 Å². The maximum atomic E-state index is 10.6. The average Bonchev–Trinajstić information content (AvgIpc) is 2.46. The first-order valence-corrected chi connectivity index (χ1v) is 8.89. The Kier molecular flexibility index (Phi) is 15.5. The minimum atomic E-state index is -0.175. The second-order valence-corrected chi connectivity index (χ2v) is 5.92. The number of esters is 2. The zero-order valence-corrected chi connectivity index (χ0v) is 14.5. The fourth-order valence-corrected chi connectivity index (χ4v) is 2.40. The van der Waals surface area contributed by atoms with E-state index in [1.165, 1.54) is 65.2 Å². The zero-order valence-electron chi connectivity index (χ0n) is 14.5. The molecular formula is C18H34O4. The summed E-state index contributed by atoms with van der Waals surface area (Å²) in [5.74, 6) is -0.349. The molecule has 0 saturated heterocycles. The lowest BCUT2D eigenvalue weighted by molar-refractivity contribution is -0.142. The maximum Gasteiger partial charge on any atom is 0.302 e. The number of carbonyl (C=O) groups excluding carboxylic acids is 2. The van der Waals surface area contributed by atoms with Gasteiger partial charge in [0, 0.05) is 13.8 Å². The molecule has 0 fully saturated rings. The Hall–Kier alpha value is -1.06. The number of carbonyl (C=O) groups is 2. The van der Waals surface area contributed by atoms with E-state index in [4.69, 9.17) is 9.47 Å². The van der Waals surface area contributed by atoms with Crippen molar-refractivity contribution in [3.63, 3.8) is 0 Å². The van der Waals surface area contributed by atoms with Crippen molar-refractivity contribution in [2.45, 2.75) is 90.9 Å². The summed E-state index contributed by atoms with van der Waals surface area (Å²) >= 11 is 0. The molecule has 0 aliphatic heterocycles. The third kappa shape index (κ3) is 18.9. The summed E-state index contributed by atoms with van der Waals surface area (Å²) in [5, 5.41) is 0. The zero-order chi connectivity index (χ0) is 16.5. The van der Waals surface area contributed by atoms with Crippen LogP contribution in [0, 0.1) is 0 Å². The molecule has 4 heteroatoms. The topological polar surface area (TPSA) is 52.6 Å². The second-order valence-electron chi connectivity index (χ2n) is 5.92. The quantitative estimate of drug-likeness (QED) is 0.322. The van der Waals surface area contributed by atoms with E-state index in [-0.39, 0.29) is 11.9 Å². The van der Waals surface area contributed by atoms with Crippen molar-refractivity contribution in [1.29, 1.82) is 0 Å². The van der Waals surface area contributed by atoms with Crippen LogP contribution in [0.5, 0.6) is 0 Å². The van der Waals surface area contributed by atoms with E-state index in [0.717, 1.165) is 25.7 Å². The molecule has 0 aromatic rings. The highest BCUT2D eigenvalue weighted by molar-refractivity contribution is 5.66. The summed E-state index contributed by atoms with van der Waals surface area (Å²) in [6, 6.07) is 0. The minimum absolute atomic E-state index is 0.175. The van der Waals surface area contributed by atoms with Gasteiger partial charge in [0.1, 0.15) is 0 Å². The number of hydrogen-bond acceptors (Lipinski definition) is 4. The predicted octanol–water partition coefficient (Wildman–Crippen LogP) is 4.79. The molecule has 0 bridgehead atoms. The lowest BCUT2D eigenvalue weighted by Gasteiger charge is -2.04. The lowest BCUT2D eigenvalue weighted by Crippen LogP contribution is -2.00. The smallest absolute Gasteiger partial charge is 0.302 e. The summed E-state index contributed by atoms with van der Waals surface area (Å²) in [5.41, 5.74) is 0. The molecule has 0 N–H and O–H groups in total. The summed E-state index contributed by atoms with van der Waals surface area (Å²) in [6.07, 6.45) is 14.7. The van der Waals surface area contributed by atoms with Crippen LogP contribution in [0.15, 0.2) is 0 Å². The molecule has 0 unspecified atom stereocenters. The standard InChI is InChI=1S/C18H34O4/c1-17(19)21-15-13-11-9-7-5-3-4-6-8-10-12-14-16-22-18(2)20/h3-16H2,1-2H3. The molecule has 0 heterocycles. The molecule has 0 saturated carbocycles. The molecule has 0 amide bonds. The van der Waals surface area contributed by atoms with Gasteiger partial charge in [-0.2, -0.15) is 0 Å². The van der Waals surface area contributed by atoms with Crippen molar-refractivity contribution in [3.8, 4) is 0 Å². The van der Waals surface area contributed by atoms with Crippen LogP contribution in [0.4, 0.5) is 0 Å². The average molecular weight is 314 g/mol. The molecule has 0 aromatic carbocycles. The fourth-order valence-electron chi connectivity index (χ4n) is 2.40. The highest BCUT2D eigenvalue weighted by Gasteiger charge is 1.96. The van der Waals surface area contributed by atoms with E-state index in [9.17, 15) is 9.59 Å². The molecule has 0 atom stereocenters. The Bertz CT molecular complexity index is 248. The molecule has 0 aromatic heterocycles. The van der Waals surface area contributed by atoms with Crippen LogP contribution in [0.25, 0.3) is 0 Å². The van der Waals surface area contributed by atoms with Crippen LogP contribution in [-0.4, -0.2) is 25.2 Å². The first-order valence-electron chi connectivity index (χ1n) is 8.89. The maximum absolute atomic E-state index is 10.6. The lowest BCUT2D eigenvalue weighted by atomic mass is 10.1. The van der Waals surface area contributed by atoms with Crippen LogP contribution >= 0.6 is 0 Å². The number of ether oxygens (including phenoxy) is 2. The summed E-state index contributed by atoms with van der Waals surface area (Å²) < 4.78 is 9.79. The molecule has 130 valence electrons. The monoisotopic (exact) mass is 314 g/mol. The third-order valence-corrected chi connectivity index (χ3v) is 3.65. The Morgan fingerprint density at radius 2 is 0.727 bits per heavy atom. The van der Waals surface area contributed by atoms with Crippen LogP contribution in [-0.2, 0) is 19.1 Å². The molecule has 0 aliphatic rings. The summed E-state index contributed by atoms with van der Waals surface area (Å²) in [7, 11) is 0. The van der Waals surface area contributed by atoms with E-state index in [0.29, 0.717) is 13.2 Å². The van der Waals surface area contributed by atoms with Gasteiger partial charge in [0.2, 0.25) is 0 Å². The highest BCUT2D eigenvalue weighted by Crippen LogP contribution is 2.12. The fraction of sp³-hybridized carbons (Fsp3) is 0.889. The van der Waals surface area contributed by atoms with Gasteiger partial charge in [0.15, 0.2) is 0 Å². The Labute approximate surface area is 135 Å². The number of hydrogen-bond donors (Lipinski definition) is 0. The van der Waals surface area contributed by atoms with Crippen LogP contribution in [0.2, 0.25) is 0 Å². The SMILES string of the molecule is CC(=O)OCCCCCCCCCCCCCCOC(C)=O. The van der Waals surface area contributed by atoms with E-state index in [2.05, 4.69) is 0 Å². The van der Waals surface area contributed by atoms with Gasteiger partial charge in [-0.25, -0.2) is 0 Å². The molecule has 0 radical (unpaired) electrons. The second kappa shape index (κ2) is 16.3. The van der Waals surface area contributed by atoms with Crippen molar-refractivity contribution in [3.05, 3.63) is 0 Å². The van der Waals surface area contributed by atoms with Crippen LogP contribution in [0.1, 0.15) is 90.9 Å². The number of rotatable bonds is 15. The van der Waals surface area contributed by atoms with Crippen molar-refractivity contribution in [2.75, 3.05) is 13.2 Å². The largest absolute Gasteiger partial charge is 0.466 e. The van der Waals surface area contributed by atoms with Gasteiger partial charge in [-0.15, -0.1) is 0 Å². The van der Waals surface area contributed by atoms with E-state index in [1.54, 1.807) is 0 Å². The van der Waals surface area contributed by atoms with E-state index < -0.39 is 0 Å². The van der Waals surface area contributed by atoms with Crippen LogP contribution in [0.3, 0.4) is 0 Å². The first-order chi connectivity index (χ1) is 10.6. The van der Waals surface area contributed by atoms with Crippen molar-refractivity contribution >= 4 is 11.9 Å². The molecule has 22 heavy (non-hydrogen) atoms. The summed E-state index contributed by atoms with van der Waals surface area (Å²) in [4.78, 5) is 21.1. The molecule has 4 nitrogen and oxygen atoms in total. The van der Waals surface area contributed by atoms with E-state index >= 15 is 0 Å². The van der Waals surface area contributed by atoms with Crippen molar-refractivity contribution < 1.29 is 19.1 Å². The predicted molar refractivity (Wildman–Crippen MR) is 88.7 cm³/mol. The van der Waals surface area contributed by atoms with Gasteiger partial charge >= 0.3 is 11.9 Å². The van der Waals surface area contributed by atoms with Gasteiger partial charge in [0.05, 0.1) is 13.2 Å². The Morgan fingerprint density at radius 1 is 0.500 bits per heavy atom. The van der Waals surface area contributed by atoms with Gasteiger partial charge < -0.3 is 9.47 Å². The molecular weight excluding hydrogens is 280 g/mol. The van der Waals surface area contributed by atoms with Gasteiger partial charge in [-0.05, 0) is 12.8 Å². The van der Waals surface area contributed by atoms with Gasteiger partial charge in [0.25, 0.3) is 0 Å². The van der Waals surface area contributed by atoms with Crippen molar-refractivity contribution in [2.24, 2.45) is 0 Å². The first kappa shape index (κ1) is 20.9.